The summed E-state index contributed by atoms with van der Waals surface area (Å²) < 4.78 is 6.17. The van der Waals surface area contributed by atoms with Gasteiger partial charge in [0.25, 0.3) is 0 Å². The number of carbonyl (C=O) groups excluding carboxylic acids is 1. The highest BCUT2D eigenvalue weighted by Crippen LogP contribution is 2.65. The zero-order valence-corrected chi connectivity index (χ0v) is 20.3. The lowest BCUT2D eigenvalue weighted by molar-refractivity contribution is -0.134. The molecule has 4 aliphatic rings. The van der Waals surface area contributed by atoms with Gasteiger partial charge in [0, 0.05) is 13.0 Å². The standard InChI is InChI=1S/C27H44O4/c1-17(2)7-6-8-18(3)21-9-10-22(25(21,4)13-14-28)20-15-23-27(31-23)16-19(29)11-12-26(27,5)24(20)30/h15,17-19,21-23,28-29H,6-14,16H2,1-5H3/t18-,19+,21-,22+,23+,25-,26-,27+/m1/s1. The number of Topliss-reactive ketones (excluding diaryl/α,β-unsaturated/α-hetero) is 1. The molecule has 1 saturated heterocycles. The molecule has 176 valence electrons. The maximum Gasteiger partial charge on any atom is 0.167 e. The zero-order valence-electron chi connectivity index (χ0n) is 20.3. The number of aliphatic hydroxyl groups is 2. The number of ether oxygens (including phenoxy) is 1. The predicted molar refractivity (Wildman–Crippen MR) is 123 cm³/mol. The van der Waals surface area contributed by atoms with E-state index in [1.165, 1.54) is 19.3 Å². The quantitative estimate of drug-likeness (QED) is 0.526. The summed E-state index contributed by atoms with van der Waals surface area (Å²) in [7, 11) is 0. The predicted octanol–water partition coefficient (Wildman–Crippen LogP) is 5.06. The van der Waals surface area contributed by atoms with E-state index in [1.807, 2.05) is 0 Å². The summed E-state index contributed by atoms with van der Waals surface area (Å²) in [6.45, 7) is 11.6. The van der Waals surface area contributed by atoms with Crippen LogP contribution in [0.1, 0.15) is 92.4 Å². The lowest BCUT2D eigenvalue weighted by Gasteiger charge is -2.46. The molecule has 4 heteroatoms. The zero-order chi connectivity index (χ0) is 22.6. The Labute approximate surface area is 188 Å². The fraction of sp³-hybridized carbons (Fsp3) is 0.889. The van der Waals surface area contributed by atoms with Crippen molar-refractivity contribution >= 4 is 5.78 Å². The van der Waals surface area contributed by atoms with E-state index in [2.05, 4.69) is 40.7 Å². The molecular formula is C27H44O4. The topological polar surface area (TPSA) is 70.1 Å². The van der Waals surface area contributed by atoms with E-state index in [9.17, 15) is 15.0 Å². The largest absolute Gasteiger partial charge is 0.396 e. The molecule has 31 heavy (non-hydrogen) atoms. The lowest BCUT2D eigenvalue weighted by atomic mass is 9.55. The van der Waals surface area contributed by atoms with Gasteiger partial charge in [-0.3, -0.25) is 4.79 Å². The first-order chi connectivity index (χ1) is 14.6. The van der Waals surface area contributed by atoms with E-state index in [4.69, 9.17) is 4.74 Å². The summed E-state index contributed by atoms with van der Waals surface area (Å²) in [6, 6.07) is 0. The maximum absolute atomic E-state index is 13.9. The second kappa shape index (κ2) is 8.25. The molecule has 1 aliphatic heterocycles. The van der Waals surface area contributed by atoms with Crippen molar-refractivity contribution < 1.29 is 19.7 Å². The molecule has 2 N–H and O–H groups in total. The minimum atomic E-state index is -0.512. The number of aliphatic hydroxyl groups excluding tert-OH is 2. The molecule has 3 fully saturated rings. The summed E-state index contributed by atoms with van der Waals surface area (Å²) in [5, 5.41) is 20.2. The Morgan fingerprint density at radius 2 is 1.90 bits per heavy atom. The summed E-state index contributed by atoms with van der Waals surface area (Å²) in [4.78, 5) is 13.9. The monoisotopic (exact) mass is 432 g/mol. The summed E-state index contributed by atoms with van der Waals surface area (Å²) in [5.74, 6) is 2.35. The van der Waals surface area contributed by atoms with Gasteiger partial charge in [-0.1, -0.05) is 47.0 Å². The van der Waals surface area contributed by atoms with E-state index in [0.717, 1.165) is 30.8 Å². The summed E-state index contributed by atoms with van der Waals surface area (Å²) in [5.41, 5.74) is -0.0553. The van der Waals surface area contributed by atoms with E-state index in [0.29, 0.717) is 31.1 Å². The van der Waals surface area contributed by atoms with Crippen LogP contribution in [0.5, 0.6) is 0 Å². The number of ketones is 1. The Hall–Kier alpha value is -0.710. The second-order valence-corrected chi connectivity index (χ2v) is 12.1. The third-order valence-electron chi connectivity index (χ3n) is 9.85. The van der Waals surface area contributed by atoms with Crippen molar-refractivity contribution in [2.75, 3.05) is 6.61 Å². The van der Waals surface area contributed by atoms with Gasteiger partial charge in [-0.2, -0.15) is 0 Å². The van der Waals surface area contributed by atoms with Crippen molar-refractivity contribution in [1.29, 1.82) is 0 Å². The van der Waals surface area contributed by atoms with Crippen molar-refractivity contribution in [2.24, 2.45) is 34.5 Å². The van der Waals surface area contributed by atoms with Gasteiger partial charge in [0.05, 0.1) is 11.5 Å². The van der Waals surface area contributed by atoms with Gasteiger partial charge in [0.15, 0.2) is 5.78 Å². The third kappa shape index (κ3) is 3.65. The Bertz CT molecular complexity index is 729. The Kier molecular flexibility index (Phi) is 6.24. The highest BCUT2D eigenvalue weighted by Gasteiger charge is 2.73. The molecule has 0 unspecified atom stereocenters. The minimum absolute atomic E-state index is 0.0268. The SMILES string of the molecule is CC(C)CCC[C@@H](C)[C@H]1CC[C@@H](C2=C[C@@H]3O[C@@]34C[C@@H](O)CC[C@]4(C)C2=O)[C@]1(C)CCO. The van der Waals surface area contributed by atoms with Gasteiger partial charge in [-0.15, -0.1) is 0 Å². The molecule has 1 heterocycles. The van der Waals surface area contributed by atoms with E-state index >= 15 is 0 Å². The fourth-order valence-electron chi connectivity index (χ4n) is 7.81. The minimum Gasteiger partial charge on any atom is -0.396 e. The molecule has 0 bridgehead atoms. The first-order valence-electron chi connectivity index (χ1n) is 12.8. The number of rotatable bonds is 8. The van der Waals surface area contributed by atoms with Gasteiger partial charge in [0.1, 0.15) is 11.7 Å². The van der Waals surface area contributed by atoms with Crippen LogP contribution >= 0.6 is 0 Å². The molecule has 3 aliphatic carbocycles. The highest BCUT2D eigenvalue weighted by atomic mass is 16.6. The number of epoxide rings is 1. The van der Waals surface area contributed by atoms with E-state index < -0.39 is 11.0 Å². The Morgan fingerprint density at radius 3 is 2.58 bits per heavy atom. The number of hydrogen-bond acceptors (Lipinski definition) is 4. The summed E-state index contributed by atoms with van der Waals surface area (Å²) >= 11 is 0. The Morgan fingerprint density at radius 1 is 1.16 bits per heavy atom. The van der Waals surface area contributed by atoms with Crippen molar-refractivity contribution in [1.82, 2.24) is 0 Å². The van der Waals surface area contributed by atoms with Crippen LogP contribution in [0.3, 0.4) is 0 Å². The van der Waals surface area contributed by atoms with Crippen LogP contribution in [0.2, 0.25) is 0 Å². The van der Waals surface area contributed by atoms with Gasteiger partial charge >= 0.3 is 0 Å². The molecule has 2 saturated carbocycles. The molecule has 4 nitrogen and oxygen atoms in total. The molecule has 8 atom stereocenters. The smallest absolute Gasteiger partial charge is 0.167 e. The molecule has 0 aromatic rings. The van der Waals surface area contributed by atoms with Crippen LogP contribution in [0, 0.1) is 34.5 Å². The van der Waals surface area contributed by atoms with Crippen LogP contribution < -0.4 is 0 Å². The summed E-state index contributed by atoms with van der Waals surface area (Å²) in [6.07, 6.45) is 10.4. The van der Waals surface area contributed by atoms with Crippen LogP contribution in [0.4, 0.5) is 0 Å². The molecule has 4 rings (SSSR count). The maximum atomic E-state index is 13.9. The van der Waals surface area contributed by atoms with Crippen molar-refractivity contribution in [2.45, 2.75) is 110 Å². The Balaban J connectivity index is 1.58. The molecular weight excluding hydrogens is 388 g/mol. The third-order valence-corrected chi connectivity index (χ3v) is 9.85. The first kappa shape index (κ1) is 23.4. The second-order valence-electron chi connectivity index (χ2n) is 12.1. The van der Waals surface area contributed by atoms with Crippen molar-refractivity contribution in [3.05, 3.63) is 11.6 Å². The van der Waals surface area contributed by atoms with E-state index in [1.54, 1.807) is 0 Å². The van der Waals surface area contributed by atoms with Gasteiger partial charge in [-0.05, 0) is 79.8 Å². The normalized spacial score (nSPS) is 45.3. The van der Waals surface area contributed by atoms with Crippen LogP contribution in [0.15, 0.2) is 11.6 Å². The first-order valence-corrected chi connectivity index (χ1v) is 12.8. The van der Waals surface area contributed by atoms with Gasteiger partial charge in [0.2, 0.25) is 0 Å². The van der Waals surface area contributed by atoms with Gasteiger partial charge in [-0.25, -0.2) is 0 Å². The lowest BCUT2D eigenvalue weighted by Crippen LogP contribution is -2.53. The molecule has 0 aromatic heterocycles. The highest BCUT2D eigenvalue weighted by molar-refractivity contribution is 6.03. The molecule has 0 radical (unpaired) electrons. The number of carbonyl (C=O) groups is 1. The van der Waals surface area contributed by atoms with Crippen molar-refractivity contribution in [3.63, 3.8) is 0 Å². The molecule has 0 amide bonds. The average Bonchev–Trinajstić information content (AvgIpc) is 3.29. The van der Waals surface area contributed by atoms with Crippen LogP contribution in [-0.4, -0.2) is 40.4 Å². The van der Waals surface area contributed by atoms with Crippen LogP contribution in [-0.2, 0) is 9.53 Å². The number of hydrogen-bond donors (Lipinski definition) is 2. The number of allylic oxidation sites excluding steroid dienone is 1. The van der Waals surface area contributed by atoms with Crippen molar-refractivity contribution in [3.8, 4) is 0 Å². The fourth-order valence-corrected chi connectivity index (χ4v) is 7.81. The van der Waals surface area contributed by atoms with Crippen LogP contribution in [0.25, 0.3) is 0 Å². The van der Waals surface area contributed by atoms with E-state index in [-0.39, 0.29) is 35.9 Å². The molecule has 0 aromatic carbocycles. The molecule has 1 spiro atoms. The average molecular weight is 433 g/mol. The van der Waals surface area contributed by atoms with Gasteiger partial charge < -0.3 is 14.9 Å².